The molecule has 0 saturated heterocycles. The standard InChI is InChI=1S/C20H24O2/c1-3-7-19(21)9-5-13-11-15-12-14-6-10-20(22,8-4-2)18(14)16(15)17(13)19/h3-4,21-22H,1-2,5-12H2/t19-,20+. The molecule has 2 nitrogen and oxygen atoms in total. The summed E-state index contributed by atoms with van der Waals surface area (Å²) in [5.41, 5.74) is 6.17. The summed E-state index contributed by atoms with van der Waals surface area (Å²) in [4.78, 5) is 0. The average Bonchev–Trinajstić information content (AvgIpc) is 3.12. The minimum atomic E-state index is -0.770. The fraction of sp³-hybridized carbons (Fsp3) is 0.500. The summed E-state index contributed by atoms with van der Waals surface area (Å²) in [6, 6.07) is 0. The monoisotopic (exact) mass is 296 g/mol. The zero-order valence-electron chi connectivity index (χ0n) is 13.1. The van der Waals surface area contributed by atoms with Gasteiger partial charge in [-0.2, -0.15) is 0 Å². The van der Waals surface area contributed by atoms with Crippen LogP contribution in [0.25, 0.3) is 0 Å². The number of aliphatic hydroxyl groups is 2. The zero-order valence-corrected chi connectivity index (χ0v) is 13.1. The van der Waals surface area contributed by atoms with Crippen molar-refractivity contribution in [1.29, 1.82) is 0 Å². The Kier molecular flexibility index (Phi) is 2.95. The Labute approximate surface area is 132 Å². The molecule has 0 spiro atoms. The van der Waals surface area contributed by atoms with Crippen LogP contribution in [0.3, 0.4) is 0 Å². The second-order valence-corrected chi connectivity index (χ2v) is 7.34. The van der Waals surface area contributed by atoms with E-state index in [2.05, 4.69) is 13.2 Å². The molecular weight excluding hydrogens is 272 g/mol. The first-order valence-corrected chi connectivity index (χ1v) is 8.37. The van der Waals surface area contributed by atoms with Crippen LogP contribution in [0.15, 0.2) is 58.7 Å². The van der Waals surface area contributed by atoms with Gasteiger partial charge in [-0.25, -0.2) is 0 Å². The van der Waals surface area contributed by atoms with Crippen LogP contribution in [0.5, 0.6) is 0 Å². The maximum Gasteiger partial charge on any atom is 0.0939 e. The van der Waals surface area contributed by atoms with E-state index in [0.717, 1.165) is 49.7 Å². The SMILES string of the molecule is C=CC[C@@]1(O)CCC2=C1C1=C(C2)CC2=C1[C@](O)(CC=C)CC2. The summed E-state index contributed by atoms with van der Waals surface area (Å²) in [5.74, 6) is 0. The predicted octanol–water partition coefficient (Wildman–Crippen LogP) is 3.89. The van der Waals surface area contributed by atoms with Gasteiger partial charge in [-0.05, 0) is 68.1 Å². The van der Waals surface area contributed by atoms with E-state index in [1.165, 1.54) is 22.3 Å². The topological polar surface area (TPSA) is 40.5 Å². The number of rotatable bonds is 4. The van der Waals surface area contributed by atoms with E-state index in [9.17, 15) is 10.2 Å². The van der Waals surface area contributed by atoms with Crippen LogP contribution in [0.2, 0.25) is 0 Å². The maximum atomic E-state index is 11.1. The summed E-state index contributed by atoms with van der Waals surface area (Å²) in [7, 11) is 0. The lowest BCUT2D eigenvalue weighted by atomic mass is 9.79. The van der Waals surface area contributed by atoms with Gasteiger partial charge in [0.2, 0.25) is 0 Å². The highest BCUT2D eigenvalue weighted by Gasteiger charge is 2.51. The maximum absolute atomic E-state index is 11.1. The third-order valence-electron chi connectivity index (χ3n) is 5.99. The Morgan fingerprint density at radius 1 is 0.818 bits per heavy atom. The molecule has 0 aromatic carbocycles. The Balaban J connectivity index is 1.80. The molecule has 0 heterocycles. The predicted molar refractivity (Wildman–Crippen MR) is 88.3 cm³/mol. The van der Waals surface area contributed by atoms with Crippen molar-refractivity contribution in [2.24, 2.45) is 0 Å². The molecule has 2 atom stereocenters. The molecule has 2 N–H and O–H groups in total. The third-order valence-corrected chi connectivity index (χ3v) is 5.99. The van der Waals surface area contributed by atoms with E-state index in [0.29, 0.717) is 12.8 Å². The minimum absolute atomic E-state index is 0.602. The summed E-state index contributed by atoms with van der Waals surface area (Å²) >= 11 is 0. The fourth-order valence-electron chi connectivity index (χ4n) is 5.16. The highest BCUT2D eigenvalue weighted by Crippen LogP contribution is 2.60. The second-order valence-electron chi connectivity index (χ2n) is 7.34. The number of allylic oxidation sites excluding steroid dienone is 3. The average molecular weight is 296 g/mol. The van der Waals surface area contributed by atoms with Gasteiger partial charge in [-0.1, -0.05) is 28.9 Å². The van der Waals surface area contributed by atoms with E-state index >= 15 is 0 Å². The largest absolute Gasteiger partial charge is 0.385 e. The molecule has 4 aliphatic rings. The molecule has 0 saturated carbocycles. The van der Waals surface area contributed by atoms with Gasteiger partial charge >= 0.3 is 0 Å². The molecule has 0 unspecified atom stereocenters. The lowest BCUT2D eigenvalue weighted by Crippen LogP contribution is -2.33. The second kappa shape index (κ2) is 4.56. The smallest absolute Gasteiger partial charge is 0.0939 e. The van der Waals surface area contributed by atoms with Crippen LogP contribution in [0.1, 0.15) is 51.4 Å². The van der Waals surface area contributed by atoms with Crippen molar-refractivity contribution >= 4 is 0 Å². The van der Waals surface area contributed by atoms with E-state index in [4.69, 9.17) is 0 Å². The van der Waals surface area contributed by atoms with Crippen molar-refractivity contribution < 1.29 is 10.2 Å². The normalized spacial score (nSPS) is 36.1. The Bertz CT molecular complexity index is 620. The first-order chi connectivity index (χ1) is 10.5. The molecule has 0 radical (unpaired) electrons. The summed E-state index contributed by atoms with van der Waals surface area (Å²) < 4.78 is 0. The first kappa shape index (κ1) is 14.2. The van der Waals surface area contributed by atoms with Gasteiger partial charge in [0.05, 0.1) is 11.2 Å². The first-order valence-electron chi connectivity index (χ1n) is 8.37. The molecule has 0 aromatic heterocycles. The molecule has 0 amide bonds. The quantitative estimate of drug-likeness (QED) is 0.773. The molecule has 0 aromatic rings. The number of hydrogen-bond donors (Lipinski definition) is 2. The highest BCUT2D eigenvalue weighted by atomic mass is 16.3. The molecule has 116 valence electrons. The van der Waals surface area contributed by atoms with Gasteiger partial charge in [0.15, 0.2) is 0 Å². The highest BCUT2D eigenvalue weighted by molar-refractivity contribution is 5.70. The van der Waals surface area contributed by atoms with Crippen LogP contribution >= 0.6 is 0 Å². The van der Waals surface area contributed by atoms with Gasteiger partial charge in [0, 0.05) is 0 Å². The van der Waals surface area contributed by atoms with Gasteiger partial charge in [0.1, 0.15) is 0 Å². The van der Waals surface area contributed by atoms with E-state index in [1.807, 2.05) is 12.2 Å². The van der Waals surface area contributed by atoms with Crippen LogP contribution < -0.4 is 0 Å². The summed E-state index contributed by atoms with van der Waals surface area (Å²) in [5, 5.41) is 22.3. The molecule has 22 heavy (non-hydrogen) atoms. The van der Waals surface area contributed by atoms with Crippen LogP contribution in [0, 0.1) is 0 Å². The van der Waals surface area contributed by atoms with Gasteiger partial charge in [0.25, 0.3) is 0 Å². The molecular formula is C20H24O2. The number of fused-ring (bicyclic) bond motifs is 2. The van der Waals surface area contributed by atoms with E-state index in [1.54, 1.807) is 0 Å². The van der Waals surface area contributed by atoms with Gasteiger partial charge < -0.3 is 10.2 Å². The summed E-state index contributed by atoms with van der Waals surface area (Å²) in [6.07, 6.45) is 10.4. The Morgan fingerprint density at radius 3 is 1.68 bits per heavy atom. The van der Waals surface area contributed by atoms with Crippen molar-refractivity contribution in [2.75, 3.05) is 0 Å². The third kappa shape index (κ3) is 1.68. The van der Waals surface area contributed by atoms with Gasteiger partial charge in [-0.15, -0.1) is 13.2 Å². The number of hydrogen-bond acceptors (Lipinski definition) is 2. The Hall–Kier alpha value is -1.38. The van der Waals surface area contributed by atoms with E-state index < -0.39 is 11.2 Å². The zero-order chi connectivity index (χ0) is 15.5. The van der Waals surface area contributed by atoms with E-state index in [-0.39, 0.29) is 0 Å². The lowest BCUT2D eigenvalue weighted by molar-refractivity contribution is 0.0763. The Morgan fingerprint density at radius 2 is 1.27 bits per heavy atom. The van der Waals surface area contributed by atoms with Crippen molar-refractivity contribution in [3.63, 3.8) is 0 Å². The van der Waals surface area contributed by atoms with Crippen molar-refractivity contribution in [3.8, 4) is 0 Å². The molecule has 0 fully saturated rings. The van der Waals surface area contributed by atoms with Crippen LogP contribution in [0.4, 0.5) is 0 Å². The minimum Gasteiger partial charge on any atom is -0.385 e. The van der Waals surface area contributed by atoms with Crippen molar-refractivity contribution in [1.82, 2.24) is 0 Å². The lowest BCUT2D eigenvalue weighted by Gasteiger charge is -2.32. The van der Waals surface area contributed by atoms with Crippen molar-refractivity contribution in [3.05, 3.63) is 58.7 Å². The molecule has 0 aliphatic heterocycles. The fourth-order valence-corrected chi connectivity index (χ4v) is 5.16. The van der Waals surface area contributed by atoms with Gasteiger partial charge in [-0.3, -0.25) is 0 Å². The van der Waals surface area contributed by atoms with Crippen LogP contribution in [-0.4, -0.2) is 21.4 Å². The molecule has 2 heteroatoms. The van der Waals surface area contributed by atoms with Crippen LogP contribution in [-0.2, 0) is 0 Å². The summed E-state index contributed by atoms with van der Waals surface area (Å²) in [6.45, 7) is 7.64. The molecule has 4 aliphatic carbocycles. The van der Waals surface area contributed by atoms with Crippen molar-refractivity contribution in [2.45, 2.75) is 62.6 Å². The molecule has 0 bridgehead atoms. The molecule has 4 rings (SSSR count).